The minimum absolute atomic E-state index is 0.249. The highest BCUT2D eigenvalue weighted by Gasteiger charge is 2.36. The summed E-state index contributed by atoms with van der Waals surface area (Å²) in [7, 11) is 0. The van der Waals surface area contributed by atoms with Crippen LogP contribution in [-0.4, -0.2) is 17.2 Å². The summed E-state index contributed by atoms with van der Waals surface area (Å²) in [5, 5.41) is 0.819. The molecule has 1 aromatic heterocycles. The first-order valence-electron chi connectivity index (χ1n) is 5.13. The first-order valence-corrected chi connectivity index (χ1v) is 5.13. The Kier molecular flexibility index (Phi) is 3.02. The lowest BCUT2D eigenvalue weighted by atomic mass is 10.1. The molecule has 0 radical (unpaired) electrons. The van der Waals surface area contributed by atoms with Crippen molar-refractivity contribution in [3.63, 3.8) is 0 Å². The molecule has 2 aromatic rings. The molecule has 0 aliphatic heterocycles. The molecule has 2 rings (SSSR count). The average Bonchev–Trinajstić information content (AvgIpc) is 2.27. The normalized spacial score (nSPS) is 13.9. The predicted octanol–water partition coefficient (Wildman–Crippen LogP) is 2.67. The summed E-state index contributed by atoms with van der Waals surface area (Å²) in [5.74, 6) is 0. The molecule has 17 heavy (non-hydrogen) atoms. The van der Waals surface area contributed by atoms with Crippen LogP contribution < -0.4 is 5.73 Å². The predicted molar refractivity (Wildman–Crippen MR) is 59.5 cm³/mol. The number of halogens is 3. The molecule has 0 spiro atoms. The minimum atomic E-state index is -4.37. The molecule has 1 heterocycles. The van der Waals surface area contributed by atoms with Crippen LogP contribution in [0.4, 0.5) is 13.2 Å². The number of para-hydroxylation sites is 1. The maximum absolute atomic E-state index is 12.3. The maximum Gasteiger partial charge on any atom is 0.403 e. The Morgan fingerprint density at radius 1 is 1.24 bits per heavy atom. The molecule has 0 saturated heterocycles. The Balaban J connectivity index is 2.25. The molecule has 0 aliphatic carbocycles. The summed E-state index contributed by atoms with van der Waals surface area (Å²) in [4.78, 5) is 4.09. The smallest absolute Gasteiger partial charge is 0.320 e. The largest absolute Gasteiger partial charge is 0.403 e. The van der Waals surface area contributed by atoms with Crippen LogP contribution in [0.1, 0.15) is 5.56 Å². The highest BCUT2D eigenvalue weighted by molar-refractivity contribution is 5.78. The van der Waals surface area contributed by atoms with E-state index in [1.165, 1.54) is 6.20 Å². The van der Waals surface area contributed by atoms with Crippen molar-refractivity contribution in [1.29, 1.82) is 0 Å². The average molecular weight is 240 g/mol. The molecule has 0 aliphatic rings. The highest BCUT2D eigenvalue weighted by Crippen LogP contribution is 2.22. The molecule has 0 amide bonds. The number of benzene rings is 1. The second-order valence-corrected chi connectivity index (χ2v) is 3.89. The fourth-order valence-corrected chi connectivity index (χ4v) is 1.60. The molecule has 5 heteroatoms. The number of hydrogen-bond acceptors (Lipinski definition) is 2. The van der Waals surface area contributed by atoms with Crippen molar-refractivity contribution in [2.75, 3.05) is 0 Å². The van der Waals surface area contributed by atoms with Crippen molar-refractivity contribution in [3.05, 3.63) is 42.1 Å². The van der Waals surface area contributed by atoms with Gasteiger partial charge in [0, 0.05) is 11.6 Å². The van der Waals surface area contributed by atoms with Crippen LogP contribution in [-0.2, 0) is 6.42 Å². The third-order valence-electron chi connectivity index (χ3n) is 2.52. The fraction of sp³-hybridized carbons (Fsp3) is 0.250. The SMILES string of the molecule is NC(Cc1cnc2ccccc2c1)C(F)(F)F. The van der Waals surface area contributed by atoms with Gasteiger partial charge in [0.25, 0.3) is 0 Å². The van der Waals surface area contributed by atoms with Crippen LogP contribution >= 0.6 is 0 Å². The molecule has 1 aromatic carbocycles. The van der Waals surface area contributed by atoms with Crippen LogP contribution in [0, 0.1) is 0 Å². The zero-order valence-electron chi connectivity index (χ0n) is 8.91. The van der Waals surface area contributed by atoms with E-state index in [0.29, 0.717) is 5.56 Å². The van der Waals surface area contributed by atoms with Gasteiger partial charge < -0.3 is 5.73 Å². The summed E-state index contributed by atoms with van der Waals surface area (Å²) in [6, 6.07) is 7.11. The molecule has 90 valence electrons. The number of aromatic nitrogens is 1. The molecule has 2 nitrogen and oxygen atoms in total. The zero-order chi connectivity index (χ0) is 12.5. The molecule has 0 bridgehead atoms. The highest BCUT2D eigenvalue weighted by atomic mass is 19.4. The van der Waals surface area contributed by atoms with E-state index in [0.717, 1.165) is 10.9 Å². The quantitative estimate of drug-likeness (QED) is 0.876. The van der Waals surface area contributed by atoms with E-state index in [1.807, 2.05) is 24.3 Å². The minimum Gasteiger partial charge on any atom is -0.320 e. The van der Waals surface area contributed by atoms with E-state index >= 15 is 0 Å². The second kappa shape index (κ2) is 4.33. The van der Waals surface area contributed by atoms with E-state index in [2.05, 4.69) is 4.98 Å². The van der Waals surface area contributed by atoms with Crippen LogP contribution in [0.3, 0.4) is 0 Å². The lowest BCUT2D eigenvalue weighted by Gasteiger charge is -2.15. The summed E-state index contributed by atoms with van der Waals surface area (Å²) in [6.45, 7) is 0. The van der Waals surface area contributed by atoms with Gasteiger partial charge in [0.2, 0.25) is 0 Å². The van der Waals surface area contributed by atoms with Crippen molar-refractivity contribution in [1.82, 2.24) is 4.98 Å². The van der Waals surface area contributed by atoms with Gasteiger partial charge >= 0.3 is 6.18 Å². The topological polar surface area (TPSA) is 38.9 Å². The van der Waals surface area contributed by atoms with E-state index in [9.17, 15) is 13.2 Å². The third kappa shape index (κ3) is 2.74. The number of nitrogens with two attached hydrogens (primary N) is 1. The van der Waals surface area contributed by atoms with Gasteiger partial charge in [0.15, 0.2) is 0 Å². The zero-order valence-corrected chi connectivity index (χ0v) is 8.91. The van der Waals surface area contributed by atoms with Gasteiger partial charge in [-0.05, 0) is 24.1 Å². The number of fused-ring (bicyclic) bond motifs is 1. The van der Waals surface area contributed by atoms with Crippen molar-refractivity contribution >= 4 is 10.9 Å². The number of hydrogen-bond donors (Lipinski definition) is 1. The molecular formula is C12H11F3N2. The Morgan fingerprint density at radius 2 is 1.94 bits per heavy atom. The maximum atomic E-state index is 12.3. The van der Waals surface area contributed by atoms with Gasteiger partial charge in [-0.15, -0.1) is 0 Å². The standard InChI is InChI=1S/C12H11F3N2/c13-12(14,15)11(16)6-8-5-9-3-1-2-4-10(9)17-7-8/h1-5,7,11H,6,16H2. The van der Waals surface area contributed by atoms with Gasteiger partial charge in [-0.25, -0.2) is 0 Å². The first-order chi connectivity index (χ1) is 7.97. The fourth-order valence-electron chi connectivity index (χ4n) is 1.60. The summed E-state index contributed by atoms with van der Waals surface area (Å²) in [6.07, 6.45) is -3.18. The molecule has 2 N–H and O–H groups in total. The Bertz CT molecular complexity index is 522. The van der Waals surface area contributed by atoms with Crippen LogP contribution in [0.15, 0.2) is 36.5 Å². The third-order valence-corrected chi connectivity index (χ3v) is 2.52. The van der Waals surface area contributed by atoms with Gasteiger partial charge in [-0.1, -0.05) is 18.2 Å². The number of pyridine rings is 1. The monoisotopic (exact) mass is 240 g/mol. The summed E-state index contributed by atoms with van der Waals surface area (Å²) < 4.78 is 36.9. The number of rotatable bonds is 2. The van der Waals surface area contributed by atoms with Gasteiger partial charge in [-0.2, -0.15) is 13.2 Å². The summed E-state index contributed by atoms with van der Waals surface area (Å²) in [5.41, 5.74) is 6.33. The molecule has 1 unspecified atom stereocenters. The Labute approximate surface area is 96.3 Å². The van der Waals surface area contributed by atoms with Crippen LogP contribution in [0.25, 0.3) is 10.9 Å². The Hall–Kier alpha value is -1.62. The molecule has 1 atom stereocenters. The van der Waals surface area contributed by atoms with Crippen molar-refractivity contribution in [3.8, 4) is 0 Å². The Morgan fingerprint density at radius 3 is 2.65 bits per heavy atom. The van der Waals surface area contributed by atoms with Crippen LogP contribution in [0.5, 0.6) is 0 Å². The van der Waals surface area contributed by atoms with E-state index < -0.39 is 12.2 Å². The molecular weight excluding hydrogens is 229 g/mol. The van der Waals surface area contributed by atoms with E-state index in [1.54, 1.807) is 6.07 Å². The first kappa shape index (κ1) is 11.9. The molecule has 0 saturated carbocycles. The second-order valence-electron chi connectivity index (χ2n) is 3.89. The van der Waals surface area contributed by atoms with Gasteiger partial charge in [0.05, 0.1) is 5.52 Å². The lowest BCUT2D eigenvalue weighted by molar-refractivity contribution is -0.147. The lowest BCUT2D eigenvalue weighted by Crippen LogP contribution is -2.39. The van der Waals surface area contributed by atoms with Crippen LogP contribution in [0.2, 0.25) is 0 Å². The number of nitrogens with zero attached hydrogens (tertiary/aromatic N) is 1. The summed E-state index contributed by atoms with van der Waals surface area (Å²) >= 11 is 0. The van der Waals surface area contributed by atoms with Gasteiger partial charge in [0.1, 0.15) is 6.04 Å². The van der Waals surface area contributed by atoms with Crippen molar-refractivity contribution in [2.45, 2.75) is 18.6 Å². The van der Waals surface area contributed by atoms with Crippen molar-refractivity contribution in [2.24, 2.45) is 5.73 Å². The molecule has 0 fully saturated rings. The van der Waals surface area contributed by atoms with Crippen molar-refractivity contribution < 1.29 is 13.2 Å². The van der Waals surface area contributed by atoms with Gasteiger partial charge in [-0.3, -0.25) is 4.98 Å². The van der Waals surface area contributed by atoms with E-state index in [4.69, 9.17) is 5.73 Å². The van der Waals surface area contributed by atoms with E-state index in [-0.39, 0.29) is 6.42 Å². The number of alkyl halides is 3.